The average Bonchev–Trinajstić information content (AvgIpc) is 3.16. The van der Waals surface area contributed by atoms with Crippen LogP contribution in [0.15, 0.2) is 10.9 Å². The van der Waals surface area contributed by atoms with Gasteiger partial charge in [-0.05, 0) is 33.1 Å². The van der Waals surface area contributed by atoms with E-state index in [2.05, 4.69) is 11.9 Å². The number of aliphatic hydroxyl groups is 1. The van der Waals surface area contributed by atoms with Crippen molar-refractivity contribution in [3.63, 3.8) is 0 Å². The van der Waals surface area contributed by atoms with E-state index in [0.717, 1.165) is 25.7 Å². The molecule has 0 aliphatic heterocycles. The van der Waals surface area contributed by atoms with Crippen molar-refractivity contribution in [1.82, 2.24) is 10.0 Å². The van der Waals surface area contributed by atoms with E-state index in [-0.39, 0.29) is 18.0 Å². The molecule has 0 aliphatic carbocycles. The Hall–Kier alpha value is -1.71. The molecule has 0 saturated carbocycles. The Kier molecular flexibility index (Phi) is 11.3. The Balaban J connectivity index is 2.84. The minimum Gasteiger partial charge on any atom is -0.442 e. The quantitative estimate of drug-likeness (QED) is 0.214. The number of hydrogen-bond acceptors (Lipinski definition) is 8. The first-order chi connectivity index (χ1) is 14.0. The standard InChI is InChI=1S/C21H36N2O6S/c1-7-8-9-10-11-27-23(20(26)29-21(4,5)6)17(15(2)3)12-18(24)28-19(25)16-13-30-14-22-16/h13-15,17-18,24H,7-12H2,1-6H3/t17-,18-/m1/s1. The summed E-state index contributed by atoms with van der Waals surface area (Å²) in [5.74, 6) is -0.795. The van der Waals surface area contributed by atoms with Crippen LogP contribution < -0.4 is 0 Å². The van der Waals surface area contributed by atoms with Gasteiger partial charge in [-0.25, -0.2) is 14.6 Å². The van der Waals surface area contributed by atoms with Gasteiger partial charge in [0.1, 0.15) is 5.60 Å². The van der Waals surface area contributed by atoms with Crippen LogP contribution in [0.25, 0.3) is 0 Å². The lowest BCUT2D eigenvalue weighted by molar-refractivity contribution is -0.193. The van der Waals surface area contributed by atoms with Gasteiger partial charge < -0.3 is 14.6 Å². The zero-order valence-electron chi connectivity index (χ0n) is 18.9. The predicted molar refractivity (Wildman–Crippen MR) is 115 cm³/mol. The van der Waals surface area contributed by atoms with Crippen molar-refractivity contribution in [3.05, 3.63) is 16.6 Å². The first-order valence-electron chi connectivity index (χ1n) is 10.5. The smallest absolute Gasteiger partial charge is 0.434 e. The second kappa shape index (κ2) is 12.9. The fourth-order valence-corrected chi connectivity index (χ4v) is 3.19. The first kappa shape index (κ1) is 26.3. The van der Waals surface area contributed by atoms with E-state index in [0.29, 0.717) is 6.61 Å². The van der Waals surface area contributed by atoms with Crippen molar-refractivity contribution < 1.29 is 29.0 Å². The van der Waals surface area contributed by atoms with Crippen LogP contribution in [0, 0.1) is 5.92 Å². The molecule has 8 nitrogen and oxygen atoms in total. The van der Waals surface area contributed by atoms with Gasteiger partial charge in [-0.3, -0.25) is 4.84 Å². The van der Waals surface area contributed by atoms with Gasteiger partial charge in [0, 0.05) is 11.8 Å². The van der Waals surface area contributed by atoms with E-state index < -0.39 is 30.0 Å². The third-order valence-corrected chi connectivity index (χ3v) is 4.79. The number of unbranched alkanes of at least 4 members (excludes halogenated alkanes) is 3. The number of carbonyl (C=O) groups excluding carboxylic acids is 2. The topological polar surface area (TPSA) is 98.2 Å². The number of hydroxylamine groups is 2. The monoisotopic (exact) mass is 444 g/mol. The van der Waals surface area contributed by atoms with E-state index in [1.807, 2.05) is 13.8 Å². The van der Waals surface area contributed by atoms with Gasteiger partial charge in [0.05, 0.1) is 18.2 Å². The lowest BCUT2D eigenvalue weighted by Crippen LogP contribution is -2.47. The molecule has 30 heavy (non-hydrogen) atoms. The second-order valence-corrected chi connectivity index (χ2v) is 9.20. The molecule has 2 atom stereocenters. The number of rotatable bonds is 12. The summed E-state index contributed by atoms with van der Waals surface area (Å²) in [6.45, 7) is 11.6. The van der Waals surface area contributed by atoms with Crippen LogP contribution in [0.3, 0.4) is 0 Å². The molecule has 0 saturated heterocycles. The molecule has 0 aromatic carbocycles. The van der Waals surface area contributed by atoms with Crippen LogP contribution in [-0.2, 0) is 14.3 Å². The molecule has 1 rings (SSSR count). The van der Waals surface area contributed by atoms with E-state index in [4.69, 9.17) is 14.3 Å². The van der Waals surface area contributed by atoms with Crippen LogP contribution >= 0.6 is 11.3 Å². The molecule has 1 aromatic rings. The molecule has 1 amide bonds. The summed E-state index contributed by atoms with van der Waals surface area (Å²) in [6.07, 6.45) is 1.94. The number of ether oxygens (including phenoxy) is 2. The number of esters is 1. The van der Waals surface area contributed by atoms with Crippen molar-refractivity contribution in [3.8, 4) is 0 Å². The highest BCUT2D eigenvalue weighted by Gasteiger charge is 2.34. The van der Waals surface area contributed by atoms with Crippen LogP contribution in [-0.4, -0.2) is 51.8 Å². The summed E-state index contributed by atoms with van der Waals surface area (Å²) in [4.78, 5) is 34.5. The van der Waals surface area contributed by atoms with Gasteiger partial charge in [0.25, 0.3) is 0 Å². The summed E-state index contributed by atoms with van der Waals surface area (Å²) in [6, 6.07) is -0.552. The molecule has 1 aromatic heterocycles. The van der Waals surface area contributed by atoms with E-state index in [1.54, 1.807) is 26.2 Å². The van der Waals surface area contributed by atoms with Crippen LogP contribution in [0.5, 0.6) is 0 Å². The van der Waals surface area contributed by atoms with Gasteiger partial charge in [0.15, 0.2) is 5.69 Å². The number of amides is 1. The zero-order valence-corrected chi connectivity index (χ0v) is 19.7. The number of carbonyl (C=O) groups is 2. The molecule has 0 aliphatic rings. The molecule has 0 fully saturated rings. The minimum atomic E-state index is -1.42. The zero-order chi connectivity index (χ0) is 22.7. The molecule has 1 heterocycles. The Labute approximate surface area is 183 Å². The number of hydrogen-bond donors (Lipinski definition) is 1. The maximum Gasteiger partial charge on any atom is 0.434 e. The fourth-order valence-electron chi connectivity index (χ4n) is 2.67. The maximum absolute atomic E-state index is 12.8. The molecule has 9 heteroatoms. The molecule has 0 spiro atoms. The molecule has 0 unspecified atom stereocenters. The molecule has 172 valence electrons. The van der Waals surface area contributed by atoms with Crippen molar-refractivity contribution >= 4 is 23.4 Å². The van der Waals surface area contributed by atoms with Gasteiger partial charge in [-0.1, -0.05) is 40.0 Å². The summed E-state index contributed by atoms with van der Waals surface area (Å²) in [7, 11) is 0. The van der Waals surface area contributed by atoms with E-state index in [1.165, 1.54) is 21.9 Å². The number of aromatic nitrogens is 1. The Bertz CT molecular complexity index is 630. The number of thiazole rings is 1. The van der Waals surface area contributed by atoms with E-state index in [9.17, 15) is 14.7 Å². The highest BCUT2D eigenvalue weighted by Crippen LogP contribution is 2.22. The molecule has 0 radical (unpaired) electrons. The lowest BCUT2D eigenvalue weighted by Gasteiger charge is -2.35. The fraction of sp³-hybridized carbons (Fsp3) is 0.762. The molecular formula is C21H36N2O6S. The van der Waals surface area contributed by atoms with Gasteiger partial charge in [0.2, 0.25) is 6.29 Å². The average molecular weight is 445 g/mol. The van der Waals surface area contributed by atoms with Crippen molar-refractivity contribution in [2.75, 3.05) is 6.61 Å². The molecular weight excluding hydrogens is 408 g/mol. The van der Waals surface area contributed by atoms with Gasteiger partial charge in [-0.2, -0.15) is 5.06 Å². The highest BCUT2D eigenvalue weighted by atomic mass is 32.1. The van der Waals surface area contributed by atoms with Crippen LogP contribution in [0.2, 0.25) is 0 Å². The SMILES string of the molecule is CCCCCCON(C(=O)OC(C)(C)C)[C@H](C[C@H](O)OC(=O)c1cscn1)C(C)C. The van der Waals surface area contributed by atoms with Crippen molar-refractivity contribution in [2.45, 2.75) is 91.6 Å². The molecule has 0 bridgehead atoms. The van der Waals surface area contributed by atoms with Crippen molar-refractivity contribution in [1.29, 1.82) is 0 Å². The summed E-state index contributed by atoms with van der Waals surface area (Å²) < 4.78 is 10.6. The number of aliphatic hydroxyl groups excluding tert-OH is 1. The van der Waals surface area contributed by atoms with Gasteiger partial charge >= 0.3 is 12.1 Å². The van der Waals surface area contributed by atoms with Crippen LogP contribution in [0.1, 0.15) is 84.1 Å². The second-order valence-electron chi connectivity index (χ2n) is 8.48. The van der Waals surface area contributed by atoms with E-state index >= 15 is 0 Å². The Morgan fingerprint density at radius 1 is 1.23 bits per heavy atom. The number of nitrogens with zero attached hydrogens (tertiary/aromatic N) is 2. The van der Waals surface area contributed by atoms with Crippen molar-refractivity contribution in [2.24, 2.45) is 5.92 Å². The first-order valence-corrected chi connectivity index (χ1v) is 11.4. The minimum absolute atomic E-state index is 0.0122. The van der Waals surface area contributed by atoms with Crippen LogP contribution in [0.4, 0.5) is 4.79 Å². The van der Waals surface area contributed by atoms with Gasteiger partial charge in [-0.15, -0.1) is 11.3 Å². The Morgan fingerprint density at radius 3 is 2.47 bits per heavy atom. The lowest BCUT2D eigenvalue weighted by atomic mass is 10.0. The maximum atomic E-state index is 12.8. The third kappa shape index (κ3) is 9.86. The highest BCUT2D eigenvalue weighted by molar-refractivity contribution is 7.07. The largest absolute Gasteiger partial charge is 0.442 e. The third-order valence-electron chi connectivity index (χ3n) is 4.20. The normalized spacial score (nSPS) is 13.7. The Morgan fingerprint density at radius 2 is 1.93 bits per heavy atom. The molecule has 1 N–H and O–H groups in total. The predicted octanol–water partition coefficient (Wildman–Crippen LogP) is 4.78. The summed E-state index contributed by atoms with van der Waals surface area (Å²) in [5.41, 5.74) is 0.950. The summed E-state index contributed by atoms with van der Waals surface area (Å²) in [5, 5.41) is 13.1. The summed E-state index contributed by atoms with van der Waals surface area (Å²) >= 11 is 1.26.